The average molecular weight is 591 g/mol. The molecule has 0 amide bonds. The third kappa shape index (κ3) is 2.54. The van der Waals surface area contributed by atoms with Gasteiger partial charge >= 0.3 is 5.97 Å². The molecule has 0 aromatic heterocycles. The normalized spacial score (nSPS) is 20.2. The molecule has 13 rings (SSSR count). The molecule has 1 unspecified atom stereocenters. The maximum absolute atomic E-state index is 12.6. The number of benzene rings is 7. The number of carbonyl (C=O) groups excluding carboxylic acids is 1. The summed E-state index contributed by atoms with van der Waals surface area (Å²) in [5, 5.41) is 17.8. The van der Waals surface area contributed by atoms with Crippen molar-refractivity contribution in [1.82, 2.24) is 0 Å². The molecule has 0 aliphatic heterocycles. The van der Waals surface area contributed by atoms with Gasteiger partial charge in [-0.1, -0.05) is 78.9 Å². The first kappa shape index (κ1) is 24.3. The summed E-state index contributed by atoms with van der Waals surface area (Å²) < 4.78 is 5.17. The Balaban J connectivity index is 1.40. The molecular weight excluding hydrogens is 560 g/mol. The van der Waals surface area contributed by atoms with Crippen LogP contribution in [0.5, 0.6) is 0 Å². The molecule has 6 bridgehead atoms. The number of methoxy groups -OCH3 is 1. The standard InChI is InChI=1S/C44H30O2/c1-46-31(45)12-7-15-44(29-10-3-2-4-11-29)21-30-22-8-5-6-9-23-17-27-18-24-13-14-25-19-28-20-26(16-22)34-35(28)39-32(25)33(24)40-36(27)37(23)43(44)42(38(30)34)41(39)40/h2-5,8-11,13-14,16,18-19H,6-7,12,15,17,20-21H2,1H3/b8-5?,23-9+. The van der Waals surface area contributed by atoms with E-state index in [9.17, 15) is 4.79 Å². The monoisotopic (exact) mass is 590 g/mol. The van der Waals surface area contributed by atoms with Gasteiger partial charge in [-0.2, -0.15) is 0 Å². The van der Waals surface area contributed by atoms with Crippen molar-refractivity contribution in [2.24, 2.45) is 0 Å². The molecule has 46 heavy (non-hydrogen) atoms. The molecule has 5 aliphatic carbocycles. The topological polar surface area (TPSA) is 26.3 Å². The lowest BCUT2D eigenvalue weighted by Crippen LogP contribution is -2.35. The number of hydrogen-bond acceptors (Lipinski definition) is 2. The van der Waals surface area contributed by atoms with E-state index in [1.807, 2.05) is 0 Å². The first-order valence-corrected chi connectivity index (χ1v) is 16.9. The minimum atomic E-state index is -0.268. The summed E-state index contributed by atoms with van der Waals surface area (Å²) in [6.45, 7) is 0. The Labute approximate surface area is 265 Å². The third-order valence-corrected chi connectivity index (χ3v) is 12.5. The Hall–Kier alpha value is -4.95. The molecular formula is C44H30O2. The van der Waals surface area contributed by atoms with Gasteiger partial charge in [0.1, 0.15) is 0 Å². The van der Waals surface area contributed by atoms with Crippen LogP contribution in [-0.2, 0) is 34.2 Å². The molecule has 2 nitrogen and oxygen atoms in total. The molecule has 2 heteroatoms. The maximum atomic E-state index is 12.6. The Bertz CT molecular complexity index is 2760. The number of ether oxygens (including phenoxy) is 1. The molecule has 0 heterocycles. The fraction of sp³-hybridized carbons (Fsp3) is 0.205. The zero-order valence-electron chi connectivity index (χ0n) is 25.8. The number of allylic oxidation sites excluding steroid dienone is 3. The van der Waals surface area contributed by atoms with Crippen molar-refractivity contribution < 1.29 is 9.53 Å². The zero-order chi connectivity index (χ0) is 30.1. The second kappa shape index (κ2) is 7.88. The predicted octanol–water partition coefficient (Wildman–Crippen LogP) is 10.4. The van der Waals surface area contributed by atoms with Crippen LogP contribution in [0.2, 0.25) is 0 Å². The quantitative estimate of drug-likeness (QED) is 0.147. The highest BCUT2D eigenvalue weighted by atomic mass is 16.5. The molecule has 0 saturated carbocycles. The Kier molecular flexibility index (Phi) is 4.16. The van der Waals surface area contributed by atoms with E-state index in [1.165, 1.54) is 122 Å². The van der Waals surface area contributed by atoms with E-state index in [1.54, 1.807) is 0 Å². The lowest BCUT2D eigenvalue weighted by atomic mass is 9.60. The molecule has 8 aromatic rings. The molecule has 218 valence electrons. The van der Waals surface area contributed by atoms with Crippen LogP contribution in [-0.4, -0.2) is 13.1 Å². The van der Waals surface area contributed by atoms with Crippen LogP contribution < -0.4 is 0 Å². The van der Waals surface area contributed by atoms with Crippen LogP contribution in [0.15, 0.2) is 72.8 Å². The van der Waals surface area contributed by atoms with Crippen LogP contribution in [0.25, 0.3) is 76.3 Å². The van der Waals surface area contributed by atoms with Crippen molar-refractivity contribution in [3.05, 3.63) is 117 Å². The molecule has 0 N–H and O–H groups in total. The van der Waals surface area contributed by atoms with Gasteiger partial charge in [0.2, 0.25) is 0 Å². The second-order valence-electron chi connectivity index (χ2n) is 14.5. The average Bonchev–Trinajstić information content (AvgIpc) is 3.74. The highest BCUT2D eigenvalue weighted by Gasteiger charge is 2.46. The Morgan fingerprint density at radius 2 is 1.48 bits per heavy atom. The van der Waals surface area contributed by atoms with Crippen molar-refractivity contribution in [2.45, 2.75) is 50.4 Å². The second-order valence-corrected chi connectivity index (χ2v) is 14.5. The Morgan fingerprint density at radius 3 is 2.28 bits per heavy atom. The van der Waals surface area contributed by atoms with Crippen LogP contribution in [0.4, 0.5) is 0 Å². The van der Waals surface area contributed by atoms with E-state index < -0.39 is 0 Å². The largest absolute Gasteiger partial charge is 0.469 e. The Morgan fingerprint density at radius 1 is 0.761 bits per heavy atom. The van der Waals surface area contributed by atoms with Gasteiger partial charge in [-0.15, -0.1) is 0 Å². The maximum Gasteiger partial charge on any atom is 0.305 e. The first-order chi connectivity index (χ1) is 22.7. The number of hydrogen-bond donors (Lipinski definition) is 0. The van der Waals surface area contributed by atoms with Gasteiger partial charge < -0.3 is 4.74 Å². The van der Waals surface area contributed by atoms with E-state index in [4.69, 9.17) is 4.74 Å². The van der Waals surface area contributed by atoms with Crippen LogP contribution in [0, 0.1) is 0 Å². The molecule has 0 fully saturated rings. The SMILES string of the molecule is COC(=O)CCCC1(c2ccccc2)Cc2c3cc4c5c2c2c1c1c6c(cc7ccc8cc(c5c5c8c7c6c25)C4)C/C1=C\CC=C3. The molecule has 8 aromatic carbocycles. The molecule has 0 radical (unpaired) electrons. The van der Waals surface area contributed by atoms with E-state index in [-0.39, 0.29) is 11.4 Å². The minimum absolute atomic E-state index is 0.119. The summed E-state index contributed by atoms with van der Waals surface area (Å²) >= 11 is 0. The first-order valence-electron chi connectivity index (χ1n) is 16.9. The summed E-state index contributed by atoms with van der Waals surface area (Å²) in [7, 11) is 1.51. The third-order valence-electron chi connectivity index (χ3n) is 12.5. The number of carbonyl (C=O) groups is 1. The van der Waals surface area contributed by atoms with Crippen LogP contribution in [0.1, 0.15) is 70.2 Å². The van der Waals surface area contributed by atoms with Gasteiger partial charge in [-0.25, -0.2) is 0 Å². The lowest BCUT2D eigenvalue weighted by molar-refractivity contribution is -0.140. The van der Waals surface area contributed by atoms with E-state index >= 15 is 0 Å². The lowest BCUT2D eigenvalue weighted by Gasteiger charge is -2.42. The van der Waals surface area contributed by atoms with Gasteiger partial charge in [0.05, 0.1) is 7.11 Å². The predicted molar refractivity (Wildman–Crippen MR) is 190 cm³/mol. The van der Waals surface area contributed by atoms with Crippen molar-refractivity contribution in [3.8, 4) is 0 Å². The van der Waals surface area contributed by atoms with Crippen LogP contribution >= 0.6 is 0 Å². The smallest absolute Gasteiger partial charge is 0.305 e. The summed E-state index contributed by atoms with van der Waals surface area (Å²) in [6.07, 6.45) is 13.3. The van der Waals surface area contributed by atoms with E-state index in [2.05, 4.69) is 78.9 Å². The van der Waals surface area contributed by atoms with Crippen molar-refractivity contribution in [3.63, 3.8) is 0 Å². The van der Waals surface area contributed by atoms with Crippen molar-refractivity contribution in [2.75, 3.05) is 7.11 Å². The zero-order valence-corrected chi connectivity index (χ0v) is 25.8. The highest BCUT2D eigenvalue weighted by Crippen LogP contribution is 2.64. The fourth-order valence-corrected chi connectivity index (χ4v) is 11.0. The number of esters is 1. The molecule has 1 atom stereocenters. The van der Waals surface area contributed by atoms with E-state index in [0.717, 1.165) is 38.5 Å². The summed E-state index contributed by atoms with van der Waals surface area (Å²) in [6, 6.07) is 23.6. The summed E-state index contributed by atoms with van der Waals surface area (Å²) in [4.78, 5) is 12.6. The number of rotatable bonds is 5. The van der Waals surface area contributed by atoms with Crippen molar-refractivity contribution in [1.29, 1.82) is 0 Å². The van der Waals surface area contributed by atoms with E-state index in [0.29, 0.717) is 6.42 Å². The van der Waals surface area contributed by atoms with Crippen LogP contribution in [0.3, 0.4) is 0 Å². The molecule has 0 saturated heterocycles. The van der Waals surface area contributed by atoms with Gasteiger partial charge in [-0.05, 0) is 153 Å². The van der Waals surface area contributed by atoms with Gasteiger partial charge in [0, 0.05) is 11.8 Å². The molecule has 0 spiro atoms. The fourth-order valence-electron chi connectivity index (χ4n) is 11.0. The minimum Gasteiger partial charge on any atom is -0.469 e. The summed E-state index contributed by atoms with van der Waals surface area (Å²) in [5.74, 6) is -0.119. The van der Waals surface area contributed by atoms with Gasteiger partial charge in [0.15, 0.2) is 0 Å². The van der Waals surface area contributed by atoms with Gasteiger partial charge in [-0.3, -0.25) is 4.79 Å². The highest BCUT2D eigenvalue weighted by molar-refractivity contribution is 6.51. The molecule has 5 aliphatic rings. The number of fused-ring (bicyclic) bond motifs is 3. The summed E-state index contributed by atoms with van der Waals surface area (Å²) in [5.41, 5.74) is 13.0. The van der Waals surface area contributed by atoms with Crippen molar-refractivity contribution >= 4 is 82.3 Å². The van der Waals surface area contributed by atoms with Gasteiger partial charge in [0.25, 0.3) is 0 Å².